The molecule has 4 N–H and O–H groups in total. The van der Waals surface area contributed by atoms with Crippen LogP contribution in [0.1, 0.15) is 11.8 Å². The number of thiophene rings is 1. The van der Waals surface area contributed by atoms with E-state index in [0.717, 1.165) is 0 Å². The van der Waals surface area contributed by atoms with Gasteiger partial charge in [-0.15, -0.1) is 11.3 Å². The van der Waals surface area contributed by atoms with E-state index in [9.17, 15) is 18.0 Å². The zero-order valence-electron chi connectivity index (χ0n) is 12.6. The Morgan fingerprint density at radius 2 is 2.29 bits per heavy atom. The van der Waals surface area contributed by atoms with Crippen molar-refractivity contribution in [1.82, 2.24) is 9.62 Å². The van der Waals surface area contributed by atoms with Crippen LogP contribution in [0.15, 0.2) is 22.7 Å². The highest BCUT2D eigenvalue weighted by molar-refractivity contribution is 7.84. The zero-order valence-corrected chi connectivity index (χ0v) is 14.2. The molecule has 0 saturated carbocycles. The lowest BCUT2D eigenvalue weighted by molar-refractivity contribution is -0.143. The highest BCUT2D eigenvalue weighted by Gasteiger charge is 2.51. The second-order valence-electron chi connectivity index (χ2n) is 4.84. The molecule has 0 bridgehead atoms. The van der Waals surface area contributed by atoms with Gasteiger partial charge in [-0.3, -0.25) is 14.1 Å². The molecule has 0 aliphatic carbocycles. The van der Waals surface area contributed by atoms with Crippen LogP contribution in [0.2, 0.25) is 0 Å². The number of amides is 2. The number of oxime groups is 1. The quantitative estimate of drug-likeness (QED) is 0.180. The molecule has 132 valence electrons. The van der Waals surface area contributed by atoms with Crippen LogP contribution in [-0.4, -0.2) is 60.0 Å². The van der Waals surface area contributed by atoms with Gasteiger partial charge in [0, 0.05) is 6.54 Å². The number of hydrogen-bond acceptors (Lipinski definition) is 8. The van der Waals surface area contributed by atoms with Crippen molar-refractivity contribution in [2.75, 3.05) is 13.2 Å². The first-order chi connectivity index (χ1) is 11.3. The maximum atomic E-state index is 12.4. The number of carbonyl (C=O) groups is 2. The monoisotopic (exact) mass is 376 g/mol. The number of carbonyl (C=O) groups excluding carboxylic acids is 2. The summed E-state index contributed by atoms with van der Waals surface area (Å²) >= 11 is 1.24. The molecule has 1 aliphatic rings. The van der Waals surface area contributed by atoms with Crippen molar-refractivity contribution in [2.45, 2.75) is 19.0 Å². The molecule has 1 aliphatic heterocycles. The standard InChI is InChI=1S/C12H16N4O6S2/c1-7-9(12(18)16(7)24(19,20)21)14-11(17)10(15-22-5-4-13)8-3-2-6-23-8/h2-3,6-7,9H,4-5,13H2,1H3,(H,14,17)(H,19,20,21)/b15-10-/t7-,9-/m0/s1. The number of hydrogen-bond donors (Lipinski definition) is 3. The molecule has 1 fully saturated rings. The molecule has 1 aromatic heterocycles. The van der Waals surface area contributed by atoms with E-state index in [1.54, 1.807) is 17.5 Å². The van der Waals surface area contributed by atoms with Gasteiger partial charge in [-0.25, -0.2) is 4.31 Å². The molecule has 1 saturated heterocycles. The minimum atomic E-state index is -4.65. The summed E-state index contributed by atoms with van der Waals surface area (Å²) in [6.07, 6.45) is 0. The fourth-order valence-corrected chi connectivity index (χ4v) is 3.67. The van der Waals surface area contributed by atoms with Gasteiger partial charge in [-0.2, -0.15) is 8.42 Å². The third-order valence-electron chi connectivity index (χ3n) is 3.21. The molecular weight excluding hydrogens is 360 g/mol. The van der Waals surface area contributed by atoms with Gasteiger partial charge in [0.05, 0.1) is 10.9 Å². The van der Waals surface area contributed by atoms with E-state index in [1.807, 2.05) is 0 Å². The van der Waals surface area contributed by atoms with E-state index < -0.39 is 34.2 Å². The summed E-state index contributed by atoms with van der Waals surface area (Å²) in [6.45, 7) is 1.70. The van der Waals surface area contributed by atoms with Gasteiger partial charge in [0.15, 0.2) is 5.71 Å². The van der Waals surface area contributed by atoms with Gasteiger partial charge in [0.2, 0.25) is 0 Å². The predicted molar refractivity (Wildman–Crippen MR) is 85.6 cm³/mol. The molecule has 1 aromatic rings. The smallest absolute Gasteiger partial charge is 0.362 e. The molecule has 2 atom stereocenters. The Morgan fingerprint density at radius 1 is 1.58 bits per heavy atom. The van der Waals surface area contributed by atoms with E-state index in [4.69, 9.17) is 15.1 Å². The van der Waals surface area contributed by atoms with Gasteiger partial charge in [0.1, 0.15) is 12.6 Å². The Labute approximate surface area is 142 Å². The van der Waals surface area contributed by atoms with Gasteiger partial charge in [-0.1, -0.05) is 11.2 Å². The highest BCUT2D eigenvalue weighted by Crippen LogP contribution is 2.23. The van der Waals surface area contributed by atoms with Crippen molar-refractivity contribution in [3.8, 4) is 0 Å². The van der Waals surface area contributed by atoms with Crippen LogP contribution in [0.3, 0.4) is 0 Å². The van der Waals surface area contributed by atoms with Crippen molar-refractivity contribution >= 4 is 39.2 Å². The summed E-state index contributed by atoms with van der Waals surface area (Å²) in [5.41, 5.74) is 5.24. The van der Waals surface area contributed by atoms with Crippen molar-refractivity contribution in [3.63, 3.8) is 0 Å². The summed E-state index contributed by atoms with van der Waals surface area (Å²) < 4.78 is 31.3. The Hall–Kier alpha value is -2.02. The lowest BCUT2D eigenvalue weighted by Crippen LogP contribution is -2.71. The van der Waals surface area contributed by atoms with E-state index >= 15 is 0 Å². The van der Waals surface area contributed by atoms with Crippen molar-refractivity contribution in [3.05, 3.63) is 22.4 Å². The van der Waals surface area contributed by atoms with Crippen LogP contribution in [0.4, 0.5) is 0 Å². The third kappa shape index (κ3) is 3.72. The van der Waals surface area contributed by atoms with Crippen LogP contribution in [0.25, 0.3) is 0 Å². The minimum absolute atomic E-state index is 0.0521. The minimum Gasteiger partial charge on any atom is -0.394 e. The maximum Gasteiger partial charge on any atom is 0.362 e. The fourth-order valence-electron chi connectivity index (χ4n) is 2.09. The maximum absolute atomic E-state index is 12.4. The molecule has 10 nitrogen and oxygen atoms in total. The summed E-state index contributed by atoms with van der Waals surface area (Å²) in [4.78, 5) is 29.6. The number of β-lactam (4-membered cyclic amide) rings is 1. The highest BCUT2D eigenvalue weighted by atomic mass is 32.2. The number of nitrogens with two attached hydrogens (primary N) is 1. The van der Waals surface area contributed by atoms with Gasteiger partial charge < -0.3 is 15.9 Å². The largest absolute Gasteiger partial charge is 0.394 e. The molecule has 24 heavy (non-hydrogen) atoms. The molecule has 12 heteroatoms. The molecular formula is C12H16N4O6S2. The lowest BCUT2D eigenvalue weighted by Gasteiger charge is -2.42. The van der Waals surface area contributed by atoms with Gasteiger partial charge >= 0.3 is 10.3 Å². The SMILES string of the molecule is C[C@H]1[C@H](NC(=O)/C(=N\OCCN)c2cccs2)C(=O)N1S(=O)(=O)O. The molecule has 2 rings (SSSR count). The second-order valence-corrected chi connectivity index (χ2v) is 7.08. The molecule has 0 spiro atoms. The topological polar surface area (TPSA) is 151 Å². The normalized spacial score (nSPS) is 21.4. The summed E-state index contributed by atoms with van der Waals surface area (Å²) in [5.74, 6) is -1.62. The van der Waals surface area contributed by atoms with Crippen molar-refractivity contribution < 1.29 is 27.4 Å². The molecule has 0 radical (unpaired) electrons. The van der Waals surface area contributed by atoms with E-state index in [1.165, 1.54) is 18.3 Å². The van der Waals surface area contributed by atoms with Crippen LogP contribution in [0.5, 0.6) is 0 Å². The van der Waals surface area contributed by atoms with Crippen LogP contribution in [0, 0.1) is 0 Å². The summed E-state index contributed by atoms with van der Waals surface area (Å²) in [6, 6.07) is 1.36. The Morgan fingerprint density at radius 3 is 2.79 bits per heavy atom. The molecule has 2 amide bonds. The van der Waals surface area contributed by atoms with Crippen LogP contribution in [-0.2, 0) is 24.7 Å². The number of nitrogens with one attached hydrogen (secondary N) is 1. The van der Waals surface area contributed by atoms with Gasteiger partial charge in [-0.05, 0) is 18.4 Å². The third-order valence-corrected chi connectivity index (χ3v) is 5.09. The molecule has 0 aromatic carbocycles. The molecule has 2 heterocycles. The van der Waals surface area contributed by atoms with E-state index in [2.05, 4.69) is 10.5 Å². The number of nitrogens with zero attached hydrogens (tertiary/aromatic N) is 2. The van der Waals surface area contributed by atoms with E-state index in [-0.39, 0.29) is 18.9 Å². The summed E-state index contributed by atoms with van der Waals surface area (Å²) in [7, 11) is -4.65. The fraction of sp³-hybridized carbons (Fsp3) is 0.417. The second kappa shape index (κ2) is 7.25. The summed E-state index contributed by atoms with van der Waals surface area (Å²) in [5, 5.41) is 7.85. The zero-order chi connectivity index (χ0) is 17.9. The predicted octanol–water partition coefficient (Wildman–Crippen LogP) is -1.05. The van der Waals surface area contributed by atoms with Crippen molar-refractivity contribution in [1.29, 1.82) is 0 Å². The Kier molecular flexibility index (Phi) is 5.54. The van der Waals surface area contributed by atoms with E-state index in [0.29, 0.717) is 9.18 Å². The Bertz CT molecular complexity index is 746. The Balaban J connectivity index is 2.12. The average Bonchev–Trinajstić information content (AvgIpc) is 3.01. The van der Waals surface area contributed by atoms with Gasteiger partial charge in [0.25, 0.3) is 11.8 Å². The van der Waals surface area contributed by atoms with Crippen molar-refractivity contribution in [2.24, 2.45) is 10.9 Å². The first-order valence-corrected chi connectivity index (χ1v) is 9.10. The first kappa shape index (κ1) is 18.3. The van der Waals surface area contributed by atoms with Crippen LogP contribution >= 0.6 is 11.3 Å². The first-order valence-electron chi connectivity index (χ1n) is 6.82. The van der Waals surface area contributed by atoms with Crippen LogP contribution < -0.4 is 11.1 Å². The average molecular weight is 376 g/mol. The number of rotatable bonds is 7. The lowest BCUT2D eigenvalue weighted by atomic mass is 10.0. The molecule has 0 unspecified atom stereocenters.